The highest BCUT2D eigenvalue weighted by molar-refractivity contribution is 7.91. The number of hydrogen-bond acceptors (Lipinski definition) is 4. The van der Waals surface area contributed by atoms with Gasteiger partial charge in [-0.3, -0.25) is 4.79 Å². The summed E-state index contributed by atoms with van der Waals surface area (Å²) in [4.78, 5) is 11.2. The molecule has 3 atom stereocenters. The van der Waals surface area contributed by atoms with Crippen LogP contribution in [0.25, 0.3) is 0 Å². The molecular weight excluding hydrogens is 266 g/mol. The Bertz CT molecular complexity index is 420. The van der Waals surface area contributed by atoms with Crippen molar-refractivity contribution in [2.75, 3.05) is 18.1 Å². The molecule has 6 heteroatoms. The molecule has 5 nitrogen and oxygen atoms in total. The van der Waals surface area contributed by atoms with Gasteiger partial charge in [0, 0.05) is 6.04 Å². The Balaban J connectivity index is 1.85. The molecule has 0 radical (unpaired) electrons. The first-order valence-corrected chi connectivity index (χ1v) is 8.97. The zero-order valence-electron chi connectivity index (χ0n) is 11.2. The van der Waals surface area contributed by atoms with Crippen LogP contribution in [0.1, 0.15) is 38.5 Å². The summed E-state index contributed by atoms with van der Waals surface area (Å²) in [5.74, 6) is -0.316. The van der Waals surface area contributed by atoms with E-state index in [0.29, 0.717) is 18.7 Å². The van der Waals surface area contributed by atoms with Gasteiger partial charge in [-0.1, -0.05) is 12.8 Å². The minimum absolute atomic E-state index is 0.00937. The van der Waals surface area contributed by atoms with Gasteiger partial charge in [0.25, 0.3) is 0 Å². The molecule has 19 heavy (non-hydrogen) atoms. The number of rotatable bonds is 4. The quantitative estimate of drug-likeness (QED) is 0.808. The zero-order chi connectivity index (χ0) is 13.9. The van der Waals surface area contributed by atoms with Gasteiger partial charge in [-0.2, -0.15) is 0 Å². The molecule has 2 aliphatic rings. The molecular formula is C13H23NO4S. The van der Waals surface area contributed by atoms with E-state index in [1.165, 1.54) is 0 Å². The SMILES string of the molecule is O=C(O)C1CCCCC1CNC1CCCS(=O)(=O)C1. The molecule has 1 saturated heterocycles. The van der Waals surface area contributed by atoms with E-state index in [4.69, 9.17) is 0 Å². The van der Waals surface area contributed by atoms with Crippen LogP contribution in [0.4, 0.5) is 0 Å². The Hall–Kier alpha value is -0.620. The predicted molar refractivity (Wildman–Crippen MR) is 72.8 cm³/mol. The Morgan fingerprint density at radius 3 is 2.58 bits per heavy atom. The number of aliphatic carboxylic acids is 1. The van der Waals surface area contributed by atoms with E-state index in [0.717, 1.165) is 32.1 Å². The lowest BCUT2D eigenvalue weighted by atomic mass is 9.79. The van der Waals surface area contributed by atoms with Crippen molar-refractivity contribution in [1.82, 2.24) is 5.32 Å². The molecule has 2 rings (SSSR count). The number of sulfone groups is 1. The minimum atomic E-state index is -2.89. The Morgan fingerprint density at radius 1 is 1.16 bits per heavy atom. The van der Waals surface area contributed by atoms with Gasteiger partial charge in [0.15, 0.2) is 9.84 Å². The van der Waals surface area contributed by atoms with Crippen molar-refractivity contribution >= 4 is 15.8 Å². The Morgan fingerprint density at radius 2 is 1.89 bits per heavy atom. The number of carbonyl (C=O) groups is 1. The molecule has 0 amide bonds. The maximum absolute atomic E-state index is 11.6. The summed E-state index contributed by atoms with van der Waals surface area (Å²) in [5, 5.41) is 12.5. The maximum atomic E-state index is 11.6. The summed E-state index contributed by atoms with van der Waals surface area (Å²) >= 11 is 0. The van der Waals surface area contributed by atoms with Crippen LogP contribution in [0.3, 0.4) is 0 Å². The largest absolute Gasteiger partial charge is 0.481 e. The molecule has 3 unspecified atom stereocenters. The highest BCUT2D eigenvalue weighted by atomic mass is 32.2. The third-order valence-corrected chi connectivity index (χ3v) is 6.18. The van der Waals surface area contributed by atoms with Crippen molar-refractivity contribution < 1.29 is 18.3 Å². The van der Waals surface area contributed by atoms with E-state index >= 15 is 0 Å². The van der Waals surface area contributed by atoms with Gasteiger partial charge in [-0.05, 0) is 38.1 Å². The van der Waals surface area contributed by atoms with Crippen molar-refractivity contribution in [3.63, 3.8) is 0 Å². The van der Waals surface area contributed by atoms with Crippen LogP contribution >= 0.6 is 0 Å². The van der Waals surface area contributed by atoms with Crippen LogP contribution < -0.4 is 5.32 Å². The smallest absolute Gasteiger partial charge is 0.306 e. The second-order valence-electron chi connectivity index (χ2n) is 5.85. The summed E-state index contributed by atoms with van der Waals surface area (Å²) in [7, 11) is -2.89. The average Bonchev–Trinajstić information content (AvgIpc) is 2.35. The van der Waals surface area contributed by atoms with Crippen LogP contribution in [0.15, 0.2) is 0 Å². The van der Waals surface area contributed by atoms with Crippen LogP contribution in [0, 0.1) is 11.8 Å². The molecule has 0 spiro atoms. The van der Waals surface area contributed by atoms with Crippen LogP contribution in [-0.4, -0.2) is 43.6 Å². The predicted octanol–water partition coefficient (Wildman–Crippen LogP) is 1.04. The standard InChI is InChI=1S/C13H23NO4S/c15-13(16)12-6-2-1-4-10(12)8-14-11-5-3-7-19(17,18)9-11/h10-12,14H,1-9H2,(H,15,16). The van der Waals surface area contributed by atoms with Gasteiger partial charge in [0.1, 0.15) is 0 Å². The summed E-state index contributed by atoms with van der Waals surface area (Å²) < 4.78 is 23.1. The topological polar surface area (TPSA) is 83.5 Å². The molecule has 1 saturated carbocycles. The molecule has 0 aromatic heterocycles. The highest BCUT2D eigenvalue weighted by Crippen LogP contribution is 2.30. The summed E-state index contributed by atoms with van der Waals surface area (Å²) in [6.07, 6.45) is 5.36. The summed E-state index contributed by atoms with van der Waals surface area (Å²) in [6.45, 7) is 0.636. The second kappa shape index (κ2) is 6.22. The molecule has 2 fully saturated rings. The fraction of sp³-hybridized carbons (Fsp3) is 0.923. The fourth-order valence-electron chi connectivity index (χ4n) is 3.28. The number of nitrogens with one attached hydrogen (secondary N) is 1. The van der Waals surface area contributed by atoms with E-state index in [-0.39, 0.29) is 23.6 Å². The highest BCUT2D eigenvalue weighted by Gasteiger charge is 2.32. The molecule has 0 bridgehead atoms. The Labute approximate surface area is 114 Å². The van der Waals surface area contributed by atoms with Crippen LogP contribution in [0.5, 0.6) is 0 Å². The fourth-order valence-corrected chi connectivity index (χ4v) is 4.95. The summed E-state index contributed by atoms with van der Waals surface area (Å²) in [5.41, 5.74) is 0. The Kier molecular flexibility index (Phi) is 4.84. The lowest BCUT2D eigenvalue weighted by Crippen LogP contribution is -2.44. The third kappa shape index (κ3) is 4.18. The van der Waals surface area contributed by atoms with Gasteiger partial charge in [0.05, 0.1) is 17.4 Å². The van der Waals surface area contributed by atoms with Crippen LogP contribution in [-0.2, 0) is 14.6 Å². The van der Waals surface area contributed by atoms with E-state index in [1.807, 2.05) is 0 Å². The van der Waals surface area contributed by atoms with Gasteiger partial charge in [-0.25, -0.2) is 8.42 Å². The van der Waals surface area contributed by atoms with Gasteiger partial charge in [-0.15, -0.1) is 0 Å². The molecule has 1 aliphatic heterocycles. The molecule has 2 N–H and O–H groups in total. The third-order valence-electron chi connectivity index (χ3n) is 4.36. The average molecular weight is 289 g/mol. The summed E-state index contributed by atoms with van der Waals surface area (Å²) in [6, 6.07) is 0.00937. The first-order chi connectivity index (χ1) is 8.98. The molecule has 1 aliphatic carbocycles. The zero-order valence-corrected chi connectivity index (χ0v) is 12.0. The lowest BCUT2D eigenvalue weighted by molar-refractivity contribution is -0.144. The van der Waals surface area contributed by atoms with Gasteiger partial charge >= 0.3 is 5.97 Å². The second-order valence-corrected chi connectivity index (χ2v) is 8.08. The van der Waals surface area contributed by atoms with E-state index in [9.17, 15) is 18.3 Å². The lowest BCUT2D eigenvalue weighted by Gasteiger charge is -2.31. The first-order valence-electron chi connectivity index (χ1n) is 7.14. The van der Waals surface area contributed by atoms with E-state index in [2.05, 4.69) is 5.32 Å². The van der Waals surface area contributed by atoms with Crippen molar-refractivity contribution in [2.45, 2.75) is 44.6 Å². The monoisotopic (exact) mass is 289 g/mol. The molecule has 0 aromatic rings. The van der Waals surface area contributed by atoms with Crippen molar-refractivity contribution in [2.24, 2.45) is 11.8 Å². The normalized spacial score (nSPS) is 34.8. The molecule has 1 heterocycles. The van der Waals surface area contributed by atoms with Crippen molar-refractivity contribution in [1.29, 1.82) is 0 Å². The molecule has 0 aromatic carbocycles. The number of carboxylic acids is 1. The van der Waals surface area contributed by atoms with E-state index in [1.54, 1.807) is 0 Å². The number of hydrogen-bond donors (Lipinski definition) is 2. The van der Waals surface area contributed by atoms with Gasteiger partial charge < -0.3 is 10.4 Å². The van der Waals surface area contributed by atoms with Gasteiger partial charge in [0.2, 0.25) is 0 Å². The minimum Gasteiger partial charge on any atom is -0.481 e. The van der Waals surface area contributed by atoms with E-state index < -0.39 is 15.8 Å². The first kappa shape index (κ1) is 14.8. The maximum Gasteiger partial charge on any atom is 0.306 e. The van der Waals surface area contributed by atoms with Crippen LogP contribution in [0.2, 0.25) is 0 Å². The van der Waals surface area contributed by atoms with Crippen molar-refractivity contribution in [3.8, 4) is 0 Å². The van der Waals surface area contributed by atoms with Crippen molar-refractivity contribution in [3.05, 3.63) is 0 Å². The molecule has 110 valence electrons. The number of carboxylic acid groups (broad SMARTS) is 1.